The fourth-order valence-electron chi connectivity index (χ4n) is 1.80. The van der Waals surface area contributed by atoms with Gasteiger partial charge in [-0.05, 0) is 53.2 Å². The SMILES string of the molecule is CCOC(=O)c1cccc(Nc2cc(Br)ccc2Br)c1N. The number of carbonyl (C=O) groups excluding carboxylic acids is 1. The number of para-hydroxylation sites is 1. The second-order valence-electron chi connectivity index (χ2n) is 4.24. The molecule has 0 aliphatic rings. The van der Waals surface area contributed by atoms with Crippen LogP contribution in [-0.2, 0) is 4.74 Å². The number of benzene rings is 2. The molecule has 2 rings (SSSR count). The van der Waals surface area contributed by atoms with E-state index in [-0.39, 0.29) is 0 Å². The summed E-state index contributed by atoms with van der Waals surface area (Å²) in [6.07, 6.45) is 0. The van der Waals surface area contributed by atoms with E-state index in [4.69, 9.17) is 10.5 Å². The number of nitrogen functional groups attached to an aromatic ring is 1. The molecule has 0 bridgehead atoms. The zero-order chi connectivity index (χ0) is 15.4. The highest BCUT2D eigenvalue weighted by molar-refractivity contribution is 9.11. The number of hydrogen-bond acceptors (Lipinski definition) is 4. The molecule has 0 heterocycles. The Hall–Kier alpha value is -1.53. The monoisotopic (exact) mass is 412 g/mol. The Kier molecular flexibility index (Phi) is 5.25. The first-order valence-corrected chi connectivity index (χ1v) is 7.89. The first-order chi connectivity index (χ1) is 10.0. The van der Waals surface area contributed by atoms with Crippen molar-refractivity contribution < 1.29 is 9.53 Å². The van der Waals surface area contributed by atoms with Crippen LogP contribution in [0.25, 0.3) is 0 Å². The largest absolute Gasteiger partial charge is 0.462 e. The van der Waals surface area contributed by atoms with E-state index in [0.717, 1.165) is 14.6 Å². The maximum atomic E-state index is 11.8. The lowest BCUT2D eigenvalue weighted by Gasteiger charge is -2.13. The molecular weight excluding hydrogens is 400 g/mol. The van der Waals surface area contributed by atoms with Gasteiger partial charge in [-0.3, -0.25) is 0 Å². The molecule has 0 radical (unpaired) electrons. The first kappa shape index (κ1) is 15.9. The molecule has 2 aromatic carbocycles. The number of ether oxygens (including phenoxy) is 1. The smallest absolute Gasteiger partial charge is 0.340 e. The molecule has 0 aliphatic carbocycles. The molecule has 0 atom stereocenters. The molecule has 0 aromatic heterocycles. The van der Waals surface area contributed by atoms with Crippen LogP contribution in [0, 0.1) is 0 Å². The van der Waals surface area contributed by atoms with E-state index in [1.54, 1.807) is 19.1 Å². The summed E-state index contributed by atoms with van der Waals surface area (Å²) in [5.41, 5.74) is 8.28. The summed E-state index contributed by atoms with van der Waals surface area (Å²) in [6.45, 7) is 2.07. The molecule has 6 heteroatoms. The van der Waals surface area contributed by atoms with Gasteiger partial charge >= 0.3 is 5.97 Å². The van der Waals surface area contributed by atoms with Gasteiger partial charge in [0.15, 0.2) is 0 Å². The minimum Gasteiger partial charge on any atom is -0.462 e. The van der Waals surface area contributed by atoms with Gasteiger partial charge in [0.25, 0.3) is 0 Å². The average Bonchev–Trinajstić information content (AvgIpc) is 2.45. The van der Waals surface area contributed by atoms with E-state index < -0.39 is 5.97 Å². The molecule has 3 N–H and O–H groups in total. The molecule has 0 fully saturated rings. The van der Waals surface area contributed by atoms with Gasteiger partial charge in [-0.1, -0.05) is 22.0 Å². The third-order valence-electron chi connectivity index (χ3n) is 2.80. The van der Waals surface area contributed by atoms with E-state index in [1.165, 1.54) is 0 Å². The van der Waals surface area contributed by atoms with E-state index in [0.29, 0.717) is 23.5 Å². The van der Waals surface area contributed by atoms with Crippen molar-refractivity contribution >= 4 is 54.9 Å². The maximum absolute atomic E-state index is 11.8. The third-order valence-corrected chi connectivity index (χ3v) is 3.98. The molecule has 4 nitrogen and oxygen atoms in total. The number of anilines is 3. The Bertz CT molecular complexity index is 675. The molecule has 21 heavy (non-hydrogen) atoms. The summed E-state index contributed by atoms with van der Waals surface area (Å²) in [5, 5.41) is 3.21. The normalized spacial score (nSPS) is 10.2. The zero-order valence-electron chi connectivity index (χ0n) is 11.3. The number of nitrogens with one attached hydrogen (secondary N) is 1. The second kappa shape index (κ2) is 6.95. The lowest BCUT2D eigenvalue weighted by molar-refractivity contribution is 0.0527. The summed E-state index contributed by atoms with van der Waals surface area (Å²) < 4.78 is 6.83. The van der Waals surface area contributed by atoms with Gasteiger partial charge in [0.05, 0.1) is 29.2 Å². The Labute approximate surface area is 139 Å². The van der Waals surface area contributed by atoms with E-state index in [2.05, 4.69) is 37.2 Å². The van der Waals surface area contributed by atoms with Gasteiger partial charge in [0.2, 0.25) is 0 Å². The predicted molar refractivity (Wildman–Crippen MR) is 91.9 cm³/mol. The van der Waals surface area contributed by atoms with Crippen molar-refractivity contribution in [3.05, 3.63) is 50.9 Å². The number of nitrogens with two attached hydrogens (primary N) is 1. The Balaban J connectivity index is 2.35. The minimum absolute atomic E-state index is 0.313. The van der Waals surface area contributed by atoms with Crippen LogP contribution in [0.2, 0.25) is 0 Å². The van der Waals surface area contributed by atoms with E-state index in [1.807, 2.05) is 24.3 Å². The Morgan fingerprint density at radius 1 is 1.24 bits per heavy atom. The van der Waals surface area contributed by atoms with Crippen molar-refractivity contribution in [2.75, 3.05) is 17.7 Å². The fraction of sp³-hybridized carbons (Fsp3) is 0.133. The fourth-order valence-corrected chi connectivity index (χ4v) is 2.51. The highest BCUT2D eigenvalue weighted by Crippen LogP contribution is 2.32. The molecule has 0 amide bonds. The first-order valence-electron chi connectivity index (χ1n) is 6.30. The summed E-state index contributed by atoms with van der Waals surface area (Å²) in [7, 11) is 0. The topological polar surface area (TPSA) is 64.3 Å². The lowest BCUT2D eigenvalue weighted by atomic mass is 10.1. The molecular formula is C15H14Br2N2O2. The van der Waals surface area contributed by atoms with Gasteiger partial charge in [-0.25, -0.2) is 4.79 Å². The highest BCUT2D eigenvalue weighted by atomic mass is 79.9. The summed E-state index contributed by atoms with van der Waals surface area (Å²) >= 11 is 6.89. The predicted octanol–water partition coefficient (Wildman–Crippen LogP) is 4.71. The number of halogens is 2. The summed E-state index contributed by atoms with van der Waals surface area (Å²) in [6, 6.07) is 11.0. The lowest BCUT2D eigenvalue weighted by Crippen LogP contribution is -2.09. The van der Waals surface area contributed by atoms with Crippen LogP contribution in [0.4, 0.5) is 17.1 Å². The molecule has 110 valence electrons. The number of rotatable bonds is 4. The van der Waals surface area contributed by atoms with Gasteiger partial charge in [0, 0.05) is 8.95 Å². The van der Waals surface area contributed by atoms with Crippen LogP contribution in [0.5, 0.6) is 0 Å². The molecule has 0 spiro atoms. The zero-order valence-corrected chi connectivity index (χ0v) is 14.5. The van der Waals surface area contributed by atoms with Crippen LogP contribution in [0.15, 0.2) is 45.3 Å². The highest BCUT2D eigenvalue weighted by Gasteiger charge is 2.14. The van der Waals surface area contributed by atoms with Crippen LogP contribution in [0.1, 0.15) is 17.3 Å². The number of esters is 1. The second-order valence-corrected chi connectivity index (χ2v) is 6.01. The van der Waals surface area contributed by atoms with E-state index >= 15 is 0 Å². The van der Waals surface area contributed by atoms with Crippen LogP contribution >= 0.6 is 31.9 Å². The summed E-state index contributed by atoms with van der Waals surface area (Å²) in [4.78, 5) is 11.8. The Morgan fingerprint density at radius 3 is 2.71 bits per heavy atom. The minimum atomic E-state index is -0.424. The summed E-state index contributed by atoms with van der Waals surface area (Å²) in [5.74, 6) is -0.424. The van der Waals surface area contributed by atoms with Crippen LogP contribution in [0.3, 0.4) is 0 Å². The van der Waals surface area contributed by atoms with Gasteiger partial charge in [-0.15, -0.1) is 0 Å². The van der Waals surface area contributed by atoms with Gasteiger partial charge in [-0.2, -0.15) is 0 Å². The van der Waals surface area contributed by atoms with Crippen LogP contribution in [-0.4, -0.2) is 12.6 Å². The molecule has 0 unspecified atom stereocenters. The van der Waals surface area contributed by atoms with Crippen molar-refractivity contribution in [2.45, 2.75) is 6.92 Å². The standard InChI is InChI=1S/C15H14Br2N2O2/c1-2-21-15(20)10-4-3-5-12(14(10)18)19-13-8-9(16)6-7-11(13)17/h3-8,19H,2,18H2,1H3. The van der Waals surface area contributed by atoms with Gasteiger partial charge < -0.3 is 15.8 Å². The quantitative estimate of drug-likeness (QED) is 0.562. The van der Waals surface area contributed by atoms with Crippen molar-refractivity contribution in [2.24, 2.45) is 0 Å². The maximum Gasteiger partial charge on any atom is 0.340 e. The van der Waals surface area contributed by atoms with Crippen molar-refractivity contribution in [3.63, 3.8) is 0 Å². The molecule has 2 aromatic rings. The van der Waals surface area contributed by atoms with Crippen molar-refractivity contribution in [1.82, 2.24) is 0 Å². The van der Waals surface area contributed by atoms with Crippen LogP contribution < -0.4 is 11.1 Å². The van der Waals surface area contributed by atoms with Gasteiger partial charge in [0.1, 0.15) is 0 Å². The Morgan fingerprint density at radius 2 is 2.00 bits per heavy atom. The van der Waals surface area contributed by atoms with Crippen molar-refractivity contribution in [1.29, 1.82) is 0 Å². The molecule has 0 aliphatic heterocycles. The third kappa shape index (κ3) is 3.77. The molecule has 0 saturated carbocycles. The average molecular weight is 414 g/mol. The van der Waals surface area contributed by atoms with Crippen molar-refractivity contribution in [3.8, 4) is 0 Å². The van der Waals surface area contributed by atoms with E-state index in [9.17, 15) is 4.79 Å². The molecule has 0 saturated heterocycles. The number of hydrogen-bond donors (Lipinski definition) is 2. The number of carbonyl (C=O) groups is 1.